The lowest BCUT2D eigenvalue weighted by Crippen LogP contribution is -2.20. The zero-order chi connectivity index (χ0) is 21.4. The first-order chi connectivity index (χ1) is 15.1. The summed E-state index contributed by atoms with van der Waals surface area (Å²) in [5.41, 5.74) is 12.0. The van der Waals surface area contributed by atoms with Crippen LogP contribution in [0.2, 0.25) is 0 Å². The molecule has 0 saturated carbocycles. The van der Waals surface area contributed by atoms with E-state index in [9.17, 15) is 4.79 Å². The van der Waals surface area contributed by atoms with Gasteiger partial charge in [0.1, 0.15) is 5.69 Å². The summed E-state index contributed by atoms with van der Waals surface area (Å²) in [7, 11) is 0. The molecule has 4 aromatic rings. The van der Waals surface area contributed by atoms with Gasteiger partial charge < -0.3 is 10.6 Å². The molecule has 0 aliphatic carbocycles. The van der Waals surface area contributed by atoms with Gasteiger partial charge in [-0.05, 0) is 48.7 Å². The SMILES string of the molecule is Cc1cc(N2CCC(c3ccccc3)C2)c2cc(-c3cccnc3C(N)=O)ccc2n1. The molecule has 1 unspecified atom stereocenters. The number of benzene rings is 2. The highest BCUT2D eigenvalue weighted by Gasteiger charge is 2.25. The molecule has 1 aliphatic rings. The predicted octanol–water partition coefficient (Wildman–Crippen LogP) is 4.70. The number of nitrogens with two attached hydrogens (primary N) is 1. The number of aryl methyl sites for hydroxylation is 1. The summed E-state index contributed by atoms with van der Waals surface area (Å²) in [6.07, 6.45) is 2.72. The minimum absolute atomic E-state index is 0.286. The summed E-state index contributed by atoms with van der Waals surface area (Å²) in [6.45, 7) is 4.02. The number of fused-ring (bicyclic) bond motifs is 1. The van der Waals surface area contributed by atoms with Crippen LogP contribution in [-0.4, -0.2) is 29.0 Å². The zero-order valence-corrected chi connectivity index (χ0v) is 17.5. The molecule has 0 bridgehead atoms. The molecule has 2 aromatic heterocycles. The maximum Gasteiger partial charge on any atom is 0.267 e. The van der Waals surface area contributed by atoms with Gasteiger partial charge in [-0.15, -0.1) is 0 Å². The van der Waals surface area contributed by atoms with Crippen molar-refractivity contribution >= 4 is 22.5 Å². The van der Waals surface area contributed by atoms with Crippen molar-refractivity contribution < 1.29 is 4.79 Å². The number of anilines is 1. The molecule has 1 atom stereocenters. The fourth-order valence-electron chi connectivity index (χ4n) is 4.58. The van der Waals surface area contributed by atoms with Crippen LogP contribution in [0.15, 0.2) is 72.9 Å². The van der Waals surface area contributed by atoms with E-state index in [1.807, 2.05) is 31.2 Å². The summed E-state index contributed by atoms with van der Waals surface area (Å²) in [6, 6.07) is 22.7. The van der Waals surface area contributed by atoms with Crippen LogP contribution >= 0.6 is 0 Å². The summed E-state index contributed by atoms with van der Waals surface area (Å²) < 4.78 is 0. The van der Waals surface area contributed by atoms with Crippen molar-refractivity contribution in [1.29, 1.82) is 0 Å². The highest BCUT2D eigenvalue weighted by molar-refractivity contribution is 6.00. The zero-order valence-electron chi connectivity index (χ0n) is 17.5. The molecule has 2 aromatic carbocycles. The lowest BCUT2D eigenvalue weighted by atomic mass is 9.98. The number of carbonyl (C=O) groups is 1. The van der Waals surface area contributed by atoms with E-state index in [0.29, 0.717) is 5.92 Å². The smallest absolute Gasteiger partial charge is 0.267 e. The average molecular weight is 409 g/mol. The number of hydrogen-bond acceptors (Lipinski definition) is 4. The maximum absolute atomic E-state index is 11.9. The van der Waals surface area contributed by atoms with Crippen molar-refractivity contribution in [2.45, 2.75) is 19.3 Å². The van der Waals surface area contributed by atoms with Gasteiger partial charge in [0.2, 0.25) is 0 Å². The quantitative estimate of drug-likeness (QED) is 0.531. The van der Waals surface area contributed by atoms with E-state index in [0.717, 1.165) is 47.2 Å². The van der Waals surface area contributed by atoms with Crippen LogP contribution in [-0.2, 0) is 0 Å². The van der Waals surface area contributed by atoms with Crippen LogP contribution < -0.4 is 10.6 Å². The summed E-state index contributed by atoms with van der Waals surface area (Å²) in [5.74, 6) is -0.00381. The van der Waals surface area contributed by atoms with Gasteiger partial charge in [0, 0.05) is 47.5 Å². The van der Waals surface area contributed by atoms with Crippen LogP contribution in [0, 0.1) is 6.92 Å². The van der Waals surface area contributed by atoms with Crippen LogP contribution in [0.1, 0.15) is 34.1 Å². The summed E-state index contributed by atoms with van der Waals surface area (Å²) in [5, 5.41) is 1.08. The second-order valence-electron chi connectivity index (χ2n) is 8.12. The van der Waals surface area contributed by atoms with E-state index >= 15 is 0 Å². The van der Waals surface area contributed by atoms with Gasteiger partial charge in [-0.3, -0.25) is 14.8 Å². The van der Waals surface area contributed by atoms with Crippen molar-refractivity contribution in [1.82, 2.24) is 9.97 Å². The number of rotatable bonds is 4. The van der Waals surface area contributed by atoms with Gasteiger partial charge in [-0.1, -0.05) is 42.5 Å². The van der Waals surface area contributed by atoms with E-state index in [1.165, 1.54) is 11.3 Å². The largest absolute Gasteiger partial charge is 0.370 e. The molecule has 5 heteroatoms. The Morgan fingerprint density at radius 1 is 1.06 bits per heavy atom. The monoisotopic (exact) mass is 408 g/mol. The molecule has 31 heavy (non-hydrogen) atoms. The normalized spacial score (nSPS) is 16.0. The number of hydrogen-bond donors (Lipinski definition) is 1. The van der Waals surface area contributed by atoms with Crippen molar-refractivity contribution in [3.63, 3.8) is 0 Å². The molecule has 1 saturated heterocycles. The number of pyridine rings is 2. The van der Waals surface area contributed by atoms with Crippen molar-refractivity contribution in [3.05, 3.63) is 89.9 Å². The first-order valence-electron chi connectivity index (χ1n) is 10.6. The first kappa shape index (κ1) is 19.2. The maximum atomic E-state index is 11.9. The van der Waals surface area contributed by atoms with Gasteiger partial charge in [-0.25, -0.2) is 0 Å². The molecule has 5 rings (SSSR count). The van der Waals surface area contributed by atoms with Crippen LogP contribution in [0.5, 0.6) is 0 Å². The van der Waals surface area contributed by atoms with Gasteiger partial charge in [0.25, 0.3) is 5.91 Å². The minimum Gasteiger partial charge on any atom is -0.370 e. The molecule has 3 heterocycles. The van der Waals surface area contributed by atoms with Crippen LogP contribution in [0.25, 0.3) is 22.0 Å². The molecule has 0 radical (unpaired) electrons. The van der Waals surface area contributed by atoms with E-state index in [4.69, 9.17) is 10.7 Å². The number of nitrogens with zero attached hydrogens (tertiary/aromatic N) is 3. The Bertz CT molecular complexity index is 1270. The highest BCUT2D eigenvalue weighted by Crippen LogP contribution is 2.36. The molecule has 1 fully saturated rings. The summed E-state index contributed by atoms with van der Waals surface area (Å²) in [4.78, 5) is 23.3. The van der Waals surface area contributed by atoms with E-state index in [1.54, 1.807) is 6.20 Å². The summed E-state index contributed by atoms with van der Waals surface area (Å²) >= 11 is 0. The third-order valence-electron chi connectivity index (χ3n) is 6.07. The second kappa shape index (κ2) is 7.84. The van der Waals surface area contributed by atoms with Crippen molar-refractivity contribution in [3.8, 4) is 11.1 Å². The third-order valence-corrected chi connectivity index (χ3v) is 6.07. The van der Waals surface area contributed by atoms with Gasteiger partial charge >= 0.3 is 0 Å². The lowest BCUT2D eigenvalue weighted by Gasteiger charge is -2.22. The lowest BCUT2D eigenvalue weighted by molar-refractivity contribution is 0.0996. The fourth-order valence-corrected chi connectivity index (χ4v) is 4.58. The number of aromatic nitrogens is 2. The van der Waals surface area contributed by atoms with Crippen LogP contribution in [0.4, 0.5) is 5.69 Å². The van der Waals surface area contributed by atoms with E-state index in [2.05, 4.69) is 52.3 Å². The molecule has 1 amide bonds. The minimum atomic E-state index is -0.525. The molecule has 5 nitrogen and oxygen atoms in total. The number of primary amides is 1. The fraction of sp³-hybridized carbons (Fsp3) is 0.192. The molecule has 2 N–H and O–H groups in total. The standard InChI is InChI=1S/C26H24N4O/c1-17-14-24(30-13-11-20(16-30)18-6-3-2-4-7-18)22-15-19(9-10-23(22)29-17)21-8-5-12-28-25(21)26(27)31/h2-10,12,14-15,20H,11,13,16H2,1H3,(H2,27,31). The van der Waals surface area contributed by atoms with Crippen molar-refractivity contribution in [2.75, 3.05) is 18.0 Å². The molecular weight excluding hydrogens is 384 g/mol. The molecule has 154 valence electrons. The van der Waals surface area contributed by atoms with Crippen LogP contribution in [0.3, 0.4) is 0 Å². The molecule has 0 spiro atoms. The van der Waals surface area contributed by atoms with Gasteiger partial charge in [0.05, 0.1) is 5.52 Å². The van der Waals surface area contributed by atoms with E-state index in [-0.39, 0.29) is 5.69 Å². The second-order valence-corrected chi connectivity index (χ2v) is 8.12. The Balaban J connectivity index is 1.58. The van der Waals surface area contributed by atoms with Gasteiger partial charge in [0.15, 0.2) is 0 Å². The van der Waals surface area contributed by atoms with E-state index < -0.39 is 5.91 Å². The Morgan fingerprint density at radius 2 is 1.90 bits per heavy atom. The molecule has 1 aliphatic heterocycles. The topological polar surface area (TPSA) is 72.1 Å². The highest BCUT2D eigenvalue weighted by atomic mass is 16.1. The van der Waals surface area contributed by atoms with Gasteiger partial charge in [-0.2, -0.15) is 0 Å². The number of carbonyl (C=O) groups excluding carboxylic acids is 1. The average Bonchev–Trinajstić information content (AvgIpc) is 3.29. The Labute approximate surface area is 181 Å². The Kier molecular flexibility index (Phi) is 4.86. The van der Waals surface area contributed by atoms with Crippen molar-refractivity contribution in [2.24, 2.45) is 5.73 Å². The first-order valence-corrected chi connectivity index (χ1v) is 10.6. The Hall–Kier alpha value is -3.73. The predicted molar refractivity (Wildman–Crippen MR) is 124 cm³/mol. The third kappa shape index (κ3) is 3.63. The molecular formula is C26H24N4O. The Morgan fingerprint density at radius 3 is 2.71 bits per heavy atom. The number of amides is 1.